The number of amides is 1. The van der Waals surface area contributed by atoms with E-state index < -0.39 is 17.1 Å². The first kappa shape index (κ1) is 17.6. The van der Waals surface area contributed by atoms with E-state index in [2.05, 4.69) is 4.98 Å². The van der Waals surface area contributed by atoms with Crippen LogP contribution in [0, 0.1) is 19.7 Å². The molecule has 6 heteroatoms. The third-order valence-electron chi connectivity index (χ3n) is 4.80. The third-order valence-corrected chi connectivity index (χ3v) is 5.18. The molecular formula is C19H18ClFN2O2. The van der Waals surface area contributed by atoms with Crippen LogP contribution in [0.5, 0.6) is 0 Å². The molecule has 1 aromatic heterocycles. The number of allylic oxidation sites excluding steroid dienone is 1. The van der Waals surface area contributed by atoms with Crippen molar-refractivity contribution in [1.82, 2.24) is 10.5 Å². The SMILES string of the molecule is Cc1ncc(-c2cc(F)c(C)c(C3(C(=O)NO)C=CCC3)c2)cc1Cl. The van der Waals surface area contributed by atoms with Crippen molar-refractivity contribution in [2.24, 2.45) is 0 Å². The van der Waals surface area contributed by atoms with Gasteiger partial charge in [0.05, 0.1) is 16.1 Å². The van der Waals surface area contributed by atoms with E-state index in [1.165, 1.54) is 6.07 Å². The highest BCUT2D eigenvalue weighted by Gasteiger charge is 2.41. The molecular weight excluding hydrogens is 343 g/mol. The standard InChI is InChI=1S/C19H18ClFN2O2/c1-11-15(19(18(24)23-25)5-3-4-6-19)7-13(9-17(11)21)14-8-16(20)12(2)22-10-14/h3,5,7-10,25H,4,6H2,1-2H3,(H,23,24). The lowest BCUT2D eigenvalue weighted by Crippen LogP contribution is -2.41. The number of benzene rings is 1. The van der Waals surface area contributed by atoms with Crippen molar-refractivity contribution in [1.29, 1.82) is 0 Å². The topological polar surface area (TPSA) is 62.2 Å². The largest absolute Gasteiger partial charge is 0.289 e. The molecule has 0 radical (unpaired) electrons. The maximum absolute atomic E-state index is 14.6. The highest BCUT2D eigenvalue weighted by Crippen LogP contribution is 2.40. The van der Waals surface area contributed by atoms with E-state index in [9.17, 15) is 14.4 Å². The molecule has 1 aliphatic carbocycles. The van der Waals surface area contributed by atoms with Gasteiger partial charge in [0, 0.05) is 11.8 Å². The van der Waals surface area contributed by atoms with E-state index in [1.54, 1.807) is 43.7 Å². The van der Waals surface area contributed by atoms with Crippen LogP contribution in [0.2, 0.25) is 5.02 Å². The first-order chi connectivity index (χ1) is 11.9. The van der Waals surface area contributed by atoms with Crippen molar-refractivity contribution in [2.75, 3.05) is 0 Å². The average Bonchev–Trinajstić information content (AvgIpc) is 3.09. The number of carbonyl (C=O) groups excluding carboxylic acids is 1. The molecule has 0 bridgehead atoms. The summed E-state index contributed by atoms with van der Waals surface area (Å²) in [5.74, 6) is -0.990. The van der Waals surface area contributed by atoms with Crippen LogP contribution in [-0.2, 0) is 10.2 Å². The minimum absolute atomic E-state index is 0.380. The van der Waals surface area contributed by atoms with Crippen LogP contribution in [0.1, 0.15) is 29.7 Å². The van der Waals surface area contributed by atoms with Gasteiger partial charge < -0.3 is 0 Å². The molecule has 2 aromatic rings. The first-order valence-corrected chi connectivity index (χ1v) is 8.32. The molecule has 1 heterocycles. The van der Waals surface area contributed by atoms with Gasteiger partial charge in [-0.15, -0.1) is 0 Å². The summed E-state index contributed by atoms with van der Waals surface area (Å²) in [6.07, 6.45) is 6.36. The maximum atomic E-state index is 14.6. The highest BCUT2D eigenvalue weighted by atomic mass is 35.5. The Morgan fingerprint density at radius 1 is 1.32 bits per heavy atom. The van der Waals surface area contributed by atoms with E-state index in [0.29, 0.717) is 45.8 Å². The number of nitrogens with zero attached hydrogens (tertiary/aromatic N) is 1. The molecule has 3 rings (SSSR count). The van der Waals surface area contributed by atoms with Gasteiger partial charge in [-0.1, -0.05) is 23.8 Å². The number of nitrogens with one attached hydrogen (secondary N) is 1. The Labute approximate surface area is 150 Å². The quantitative estimate of drug-likeness (QED) is 0.488. The Bertz CT molecular complexity index is 882. The second kappa shape index (κ2) is 6.58. The van der Waals surface area contributed by atoms with Gasteiger partial charge in [0.2, 0.25) is 0 Å². The van der Waals surface area contributed by atoms with Gasteiger partial charge in [-0.25, -0.2) is 9.87 Å². The van der Waals surface area contributed by atoms with E-state index in [-0.39, 0.29) is 0 Å². The van der Waals surface area contributed by atoms with Crippen LogP contribution in [0.15, 0.2) is 36.5 Å². The van der Waals surface area contributed by atoms with Crippen molar-refractivity contribution in [2.45, 2.75) is 32.1 Å². The molecule has 0 fully saturated rings. The Morgan fingerprint density at radius 2 is 2.08 bits per heavy atom. The fraction of sp³-hybridized carbons (Fsp3) is 0.263. The number of aryl methyl sites for hydroxylation is 1. The smallest absolute Gasteiger partial charge is 0.257 e. The summed E-state index contributed by atoms with van der Waals surface area (Å²) >= 11 is 6.14. The number of pyridine rings is 1. The van der Waals surface area contributed by atoms with Crippen LogP contribution < -0.4 is 5.48 Å². The highest BCUT2D eigenvalue weighted by molar-refractivity contribution is 6.31. The number of halogens is 2. The number of hydroxylamine groups is 1. The van der Waals surface area contributed by atoms with Crippen LogP contribution in [-0.4, -0.2) is 16.1 Å². The molecule has 4 nitrogen and oxygen atoms in total. The molecule has 1 unspecified atom stereocenters. The molecule has 25 heavy (non-hydrogen) atoms. The van der Waals surface area contributed by atoms with E-state index in [0.717, 1.165) is 0 Å². The lowest BCUT2D eigenvalue weighted by atomic mass is 9.76. The van der Waals surface area contributed by atoms with Gasteiger partial charge in [0.1, 0.15) is 5.82 Å². The second-order valence-corrected chi connectivity index (χ2v) is 6.68. The predicted molar refractivity (Wildman–Crippen MR) is 94.1 cm³/mol. The van der Waals surface area contributed by atoms with Crippen molar-refractivity contribution in [3.8, 4) is 11.1 Å². The summed E-state index contributed by atoms with van der Waals surface area (Å²) in [5, 5.41) is 9.67. The molecule has 130 valence electrons. The molecule has 1 amide bonds. The Morgan fingerprint density at radius 3 is 2.68 bits per heavy atom. The number of hydrogen-bond donors (Lipinski definition) is 2. The lowest BCUT2D eigenvalue weighted by molar-refractivity contribution is -0.133. The van der Waals surface area contributed by atoms with Gasteiger partial charge >= 0.3 is 0 Å². The molecule has 2 N–H and O–H groups in total. The van der Waals surface area contributed by atoms with Gasteiger partial charge in [-0.2, -0.15) is 0 Å². The molecule has 0 aliphatic heterocycles. The summed E-state index contributed by atoms with van der Waals surface area (Å²) in [6, 6.07) is 4.90. The zero-order valence-corrected chi connectivity index (χ0v) is 14.7. The second-order valence-electron chi connectivity index (χ2n) is 6.28. The zero-order chi connectivity index (χ0) is 18.2. The van der Waals surface area contributed by atoms with Gasteiger partial charge in [-0.3, -0.25) is 15.0 Å². The van der Waals surface area contributed by atoms with Crippen LogP contribution in [0.4, 0.5) is 4.39 Å². The van der Waals surface area contributed by atoms with E-state index in [1.807, 2.05) is 6.08 Å². The normalized spacial score (nSPS) is 19.2. The van der Waals surface area contributed by atoms with Crippen molar-refractivity contribution < 1.29 is 14.4 Å². The summed E-state index contributed by atoms with van der Waals surface area (Å²) in [5.41, 5.74) is 3.48. The predicted octanol–water partition coefficient (Wildman–Crippen LogP) is 4.25. The third kappa shape index (κ3) is 2.94. The Balaban J connectivity index is 2.21. The fourth-order valence-corrected chi connectivity index (χ4v) is 3.45. The van der Waals surface area contributed by atoms with Gasteiger partial charge in [0.15, 0.2) is 0 Å². The Kier molecular flexibility index (Phi) is 4.62. The Hall–Kier alpha value is -2.24. The monoisotopic (exact) mass is 360 g/mol. The fourth-order valence-electron chi connectivity index (χ4n) is 3.29. The van der Waals surface area contributed by atoms with Crippen LogP contribution >= 0.6 is 11.6 Å². The van der Waals surface area contributed by atoms with E-state index in [4.69, 9.17) is 11.6 Å². The number of hydrogen-bond acceptors (Lipinski definition) is 3. The summed E-state index contributed by atoms with van der Waals surface area (Å²) in [7, 11) is 0. The van der Waals surface area contributed by atoms with Gasteiger partial charge in [-0.05, 0) is 61.6 Å². The number of aromatic nitrogens is 1. The minimum atomic E-state index is -1.09. The molecule has 1 aliphatic rings. The molecule has 0 saturated heterocycles. The summed E-state index contributed by atoms with van der Waals surface area (Å²) in [4.78, 5) is 16.6. The first-order valence-electron chi connectivity index (χ1n) is 7.94. The summed E-state index contributed by atoms with van der Waals surface area (Å²) < 4.78 is 14.6. The van der Waals surface area contributed by atoms with Crippen molar-refractivity contribution >= 4 is 17.5 Å². The van der Waals surface area contributed by atoms with E-state index >= 15 is 0 Å². The molecule has 1 aromatic carbocycles. The van der Waals surface area contributed by atoms with Crippen LogP contribution in [0.25, 0.3) is 11.1 Å². The number of rotatable bonds is 3. The van der Waals surface area contributed by atoms with Crippen LogP contribution in [0.3, 0.4) is 0 Å². The molecule has 0 spiro atoms. The molecule has 0 saturated carbocycles. The zero-order valence-electron chi connectivity index (χ0n) is 13.9. The minimum Gasteiger partial charge on any atom is -0.289 e. The maximum Gasteiger partial charge on any atom is 0.257 e. The lowest BCUT2D eigenvalue weighted by Gasteiger charge is -2.28. The summed E-state index contributed by atoms with van der Waals surface area (Å²) in [6.45, 7) is 3.42. The number of carbonyl (C=O) groups is 1. The average molecular weight is 361 g/mol. The van der Waals surface area contributed by atoms with Crippen molar-refractivity contribution in [3.05, 3.63) is 64.2 Å². The van der Waals surface area contributed by atoms with Gasteiger partial charge in [0.25, 0.3) is 5.91 Å². The van der Waals surface area contributed by atoms with Crippen molar-refractivity contribution in [3.63, 3.8) is 0 Å². The molecule has 1 atom stereocenters.